The number of fused-ring (bicyclic) bond motifs is 2. The molecule has 2 unspecified atom stereocenters. The number of hydrogen-bond acceptors (Lipinski definition) is 17. The molecule has 6 aromatic rings. The number of aromatic carboxylic acids is 1. The first-order valence-electron chi connectivity index (χ1n) is 34.9. The summed E-state index contributed by atoms with van der Waals surface area (Å²) in [7, 11) is -4.61. The van der Waals surface area contributed by atoms with Crippen LogP contribution in [0.3, 0.4) is 0 Å². The molecule has 4 aliphatic carbocycles. The Labute approximate surface area is 600 Å². The molecule has 4 atom stereocenters. The molecule has 28 nitrogen and oxygen atoms in total. The van der Waals surface area contributed by atoms with Crippen LogP contribution < -0.4 is 37.2 Å². The predicted molar refractivity (Wildman–Crippen MR) is 384 cm³/mol. The van der Waals surface area contributed by atoms with E-state index in [2.05, 4.69) is 34.8 Å². The number of unbranched alkanes of at least 4 members (excludes halogenated alkanes) is 2. The molecule has 0 saturated heterocycles. The number of anilines is 3. The molecule has 6 aliphatic rings. The van der Waals surface area contributed by atoms with Crippen LogP contribution in [0, 0.1) is 29.1 Å². The second-order valence-electron chi connectivity index (χ2n) is 29.4. The van der Waals surface area contributed by atoms with Crippen molar-refractivity contribution in [3.63, 3.8) is 0 Å². The Hall–Kier alpha value is -9.41. The Morgan fingerprint density at radius 1 is 0.825 bits per heavy atom. The van der Waals surface area contributed by atoms with Crippen molar-refractivity contribution in [1.29, 1.82) is 0 Å². The zero-order valence-electron chi connectivity index (χ0n) is 58.6. The topological polar surface area (TPSA) is 395 Å². The third kappa shape index (κ3) is 17.6. The molecule has 3 aromatic carbocycles. The SMILES string of the molecule is Cc1c(-c2ccc(N3CCc4cccc(C(=O)Nc5nc6ccccc6s5)c4C3)nc2C(=O)O)cnn1CC12CC3(C)CC(C)(C1)CC(OCCN(CCP(=O)(O)O)C(=O)OCc1ccc(N(C(=O)[C@@H](NC(=O)CCCCCN4C(=O)C=CC4=O)C(C)C)[C@@H](CCCNC(N)=O)C(N)=O)cc1)(C3)C2. The largest absolute Gasteiger partial charge is 0.476 e. The fourth-order valence-electron chi connectivity index (χ4n) is 17.0. The Balaban J connectivity index is 0.739. The molecule has 0 spiro atoms. The lowest BCUT2D eigenvalue weighted by Gasteiger charge is -2.69. The lowest BCUT2D eigenvalue weighted by atomic mass is 9.39. The van der Waals surface area contributed by atoms with Gasteiger partial charge < -0.3 is 56.3 Å². The van der Waals surface area contributed by atoms with Gasteiger partial charge in [-0.05, 0) is 159 Å². The predicted octanol–water partition coefficient (Wildman–Crippen LogP) is 8.59. The molecule has 4 bridgehead atoms. The van der Waals surface area contributed by atoms with Gasteiger partial charge in [-0.15, -0.1) is 0 Å². The molecular weight excluding hydrogens is 1360 g/mol. The molecule has 548 valence electrons. The number of primary amides is 2. The summed E-state index contributed by atoms with van der Waals surface area (Å²) in [5, 5.41) is 24.5. The highest BCUT2D eigenvalue weighted by Gasteiger charge is 2.66. The van der Waals surface area contributed by atoms with Crippen molar-refractivity contribution in [2.75, 3.05) is 60.6 Å². The van der Waals surface area contributed by atoms with E-state index in [1.54, 1.807) is 44.3 Å². The average Bonchev–Trinajstić information content (AvgIpc) is 1.34. The summed E-state index contributed by atoms with van der Waals surface area (Å²) in [6, 6.07) is 20.0. The summed E-state index contributed by atoms with van der Waals surface area (Å²) in [5.41, 5.74) is 15.6. The Morgan fingerprint density at radius 2 is 1.55 bits per heavy atom. The first kappa shape index (κ1) is 74.8. The average molecular weight is 1450 g/mol. The summed E-state index contributed by atoms with van der Waals surface area (Å²) in [6.45, 7) is 10.9. The molecule has 4 saturated carbocycles. The number of para-hydroxylation sites is 1. The van der Waals surface area contributed by atoms with Crippen LogP contribution in [0.4, 0.5) is 26.2 Å². The molecule has 103 heavy (non-hydrogen) atoms. The van der Waals surface area contributed by atoms with Crippen LogP contribution in [0.15, 0.2) is 97.2 Å². The lowest BCUT2D eigenvalue weighted by molar-refractivity contribution is -0.248. The number of carbonyl (C=O) groups excluding carboxylic acids is 8. The Morgan fingerprint density at radius 3 is 2.23 bits per heavy atom. The van der Waals surface area contributed by atoms with Gasteiger partial charge >= 0.3 is 25.7 Å². The van der Waals surface area contributed by atoms with E-state index in [9.17, 15) is 62.6 Å². The number of nitrogens with zero attached hydrogens (tertiary/aromatic N) is 8. The summed E-state index contributed by atoms with van der Waals surface area (Å²) < 4.78 is 28.1. The van der Waals surface area contributed by atoms with Gasteiger partial charge in [0.25, 0.3) is 23.6 Å². The number of imide groups is 1. The quantitative estimate of drug-likeness (QED) is 0.0111. The van der Waals surface area contributed by atoms with Gasteiger partial charge in [-0.3, -0.25) is 53.1 Å². The minimum atomic E-state index is -4.61. The number of aromatic nitrogens is 4. The minimum absolute atomic E-state index is 0.00994. The van der Waals surface area contributed by atoms with Gasteiger partial charge in [0, 0.05) is 92.5 Å². The molecule has 0 radical (unpaired) electrons. The number of carboxylic acid groups (broad SMARTS) is 1. The number of thiazole rings is 1. The zero-order valence-corrected chi connectivity index (χ0v) is 60.3. The number of amides is 9. The highest BCUT2D eigenvalue weighted by atomic mass is 32.1. The van der Waals surface area contributed by atoms with Gasteiger partial charge in [-0.2, -0.15) is 5.10 Å². The molecule has 9 amide bonds. The van der Waals surface area contributed by atoms with Gasteiger partial charge in [0.2, 0.25) is 11.8 Å². The first-order valence-corrected chi connectivity index (χ1v) is 37.5. The van der Waals surface area contributed by atoms with Crippen molar-refractivity contribution in [3.05, 3.63) is 131 Å². The molecule has 5 heterocycles. The van der Waals surface area contributed by atoms with Crippen molar-refractivity contribution < 1.29 is 72.1 Å². The second-order valence-corrected chi connectivity index (χ2v) is 32.2. The lowest BCUT2D eigenvalue weighted by Crippen LogP contribution is -2.64. The number of nitrogens with two attached hydrogens (primary N) is 2. The van der Waals surface area contributed by atoms with Crippen molar-refractivity contribution in [1.82, 2.24) is 40.2 Å². The van der Waals surface area contributed by atoms with Gasteiger partial charge in [0.05, 0.1) is 34.8 Å². The van der Waals surface area contributed by atoms with Gasteiger partial charge in [-0.1, -0.05) is 81.9 Å². The smallest absolute Gasteiger partial charge is 0.410 e. The monoisotopic (exact) mass is 1450 g/mol. The van der Waals surface area contributed by atoms with Crippen LogP contribution in [0.25, 0.3) is 21.3 Å². The van der Waals surface area contributed by atoms with E-state index < -0.39 is 85.0 Å². The Bertz CT molecular complexity index is 4270. The van der Waals surface area contributed by atoms with E-state index in [0.717, 1.165) is 64.0 Å². The number of carboxylic acids is 1. The van der Waals surface area contributed by atoms with Crippen LogP contribution in [0.2, 0.25) is 0 Å². The molecule has 12 rings (SSSR count). The fourth-order valence-corrected chi connectivity index (χ4v) is 18.4. The Kier molecular flexibility index (Phi) is 22.4. The van der Waals surface area contributed by atoms with E-state index in [1.807, 2.05) is 59.0 Å². The number of benzene rings is 3. The van der Waals surface area contributed by atoms with Crippen molar-refractivity contribution in [2.45, 2.75) is 155 Å². The van der Waals surface area contributed by atoms with E-state index in [1.165, 1.54) is 45.4 Å². The second kappa shape index (κ2) is 30.9. The van der Waals surface area contributed by atoms with Gasteiger partial charge in [-0.25, -0.2) is 24.4 Å². The van der Waals surface area contributed by atoms with E-state index in [4.69, 9.17) is 31.0 Å². The van der Waals surface area contributed by atoms with Crippen LogP contribution in [0.1, 0.15) is 148 Å². The third-order valence-electron chi connectivity index (χ3n) is 20.5. The highest BCUT2D eigenvalue weighted by molar-refractivity contribution is 7.51. The summed E-state index contributed by atoms with van der Waals surface area (Å²) >= 11 is 1.40. The highest BCUT2D eigenvalue weighted by Crippen LogP contribution is 2.72. The molecular formula is C73H90N13O15PS. The fraction of sp³-hybridized carbons (Fsp3) is 0.479. The number of pyridine rings is 1. The standard InChI is InChI=1S/C73H90N13O15PS/c1-45(2)61(80-58(87)18-7-6-10-29-84-59(88)25-26-60(84)89)65(92)86(55(63(74)90)16-12-28-76-67(75)95)49-21-19-47(20-22-49)37-100-69(96)82(32-34-102(97,98)99)31-33-101-73-41-70(4)38-71(5,42-73)40-72(39-70,43-73)44-85-46(3)52(35-77-85)50-23-24-57(79-62(50)66(93)94)83-30-27-48-13-11-14-51(53(48)36-83)64(91)81-68-78-54-15-8-9-17-56(54)103-68/h8-9,11,13-15,17,19-26,35,45,55,61H,6-7,10,12,16,18,27-34,36-44H2,1-5H3,(H2,74,90)(H,80,87)(H,93,94)(H3,75,76,95)(H,78,81,91)(H2,97,98,99)/t55-,61-,70?,71?,72?,73?/m0/s1. The number of rotatable bonds is 32. The van der Waals surface area contributed by atoms with Crippen molar-refractivity contribution in [2.24, 2.45) is 33.6 Å². The van der Waals surface area contributed by atoms with Crippen LogP contribution in [0.5, 0.6) is 0 Å². The normalized spacial score (nSPS) is 21.0. The molecule has 4 fully saturated rings. The van der Waals surface area contributed by atoms with Crippen LogP contribution in [-0.4, -0.2) is 161 Å². The van der Waals surface area contributed by atoms with Crippen molar-refractivity contribution >= 4 is 99.3 Å². The van der Waals surface area contributed by atoms with Gasteiger partial charge in [0.15, 0.2) is 10.8 Å². The third-order valence-corrected chi connectivity index (χ3v) is 22.2. The summed E-state index contributed by atoms with van der Waals surface area (Å²) in [5.74, 6) is -4.25. The first-order chi connectivity index (χ1) is 48.9. The maximum absolute atomic E-state index is 14.8. The van der Waals surface area contributed by atoms with E-state index in [0.29, 0.717) is 84.9 Å². The number of urea groups is 1. The van der Waals surface area contributed by atoms with E-state index >= 15 is 0 Å². The number of nitrogens with one attached hydrogen (secondary N) is 3. The molecule has 2 aliphatic heterocycles. The maximum atomic E-state index is 14.8. The number of ether oxygens (including phenoxy) is 2. The molecule has 3 aromatic heterocycles. The van der Waals surface area contributed by atoms with Crippen LogP contribution >= 0.6 is 18.9 Å². The maximum Gasteiger partial charge on any atom is 0.410 e. The summed E-state index contributed by atoms with van der Waals surface area (Å²) in [6.07, 6.45) is 9.72. The zero-order chi connectivity index (χ0) is 73.8. The molecule has 30 heteroatoms. The van der Waals surface area contributed by atoms with Gasteiger partial charge in [0.1, 0.15) is 24.5 Å². The number of carbonyl (C=O) groups is 9. The molecule has 10 N–H and O–H groups in total. The number of hydrogen-bond donors (Lipinski definition) is 8. The van der Waals surface area contributed by atoms with Crippen molar-refractivity contribution in [3.8, 4) is 11.1 Å². The van der Waals surface area contributed by atoms with Crippen LogP contribution in [-0.2, 0) is 64.1 Å². The van der Waals surface area contributed by atoms with E-state index in [-0.39, 0.29) is 92.2 Å². The minimum Gasteiger partial charge on any atom is -0.476 e. The summed E-state index contributed by atoms with van der Waals surface area (Å²) in [4.78, 5) is 153.